The lowest BCUT2D eigenvalue weighted by Gasteiger charge is -2.34. The third kappa shape index (κ3) is 4.69. The standard InChI is InChI=1S/C20H23FN2O4S/c1-16-5-4-6-17(15-16)27-14-9-20(24)22-10-12-23(13-11-22)28(25,26)19-8-3-2-7-18(19)21/h2-8,15H,9-14H2,1H3. The summed E-state index contributed by atoms with van der Waals surface area (Å²) in [6, 6.07) is 12.9. The molecule has 1 amide bonds. The number of aryl methyl sites for hydroxylation is 1. The van der Waals surface area contributed by atoms with Crippen LogP contribution in [0.15, 0.2) is 53.4 Å². The van der Waals surface area contributed by atoms with E-state index < -0.39 is 15.8 Å². The fraction of sp³-hybridized carbons (Fsp3) is 0.350. The van der Waals surface area contributed by atoms with E-state index in [0.717, 1.165) is 11.6 Å². The van der Waals surface area contributed by atoms with Crippen molar-refractivity contribution < 1.29 is 22.3 Å². The number of amides is 1. The normalized spacial score (nSPS) is 15.4. The van der Waals surface area contributed by atoms with Gasteiger partial charge in [-0.1, -0.05) is 24.3 Å². The Labute approximate surface area is 164 Å². The van der Waals surface area contributed by atoms with Crippen molar-refractivity contribution in [1.29, 1.82) is 0 Å². The Hall–Kier alpha value is -2.45. The monoisotopic (exact) mass is 406 g/mol. The molecule has 1 fully saturated rings. The van der Waals surface area contributed by atoms with Crippen LogP contribution in [0.3, 0.4) is 0 Å². The number of nitrogens with zero attached hydrogens (tertiary/aromatic N) is 2. The highest BCUT2D eigenvalue weighted by atomic mass is 32.2. The van der Waals surface area contributed by atoms with Crippen LogP contribution in [0.2, 0.25) is 0 Å². The molecule has 150 valence electrons. The summed E-state index contributed by atoms with van der Waals surface area (Å²) in [5, 5.41) is 0. The zero-order valence-electron chi connectivity index (χ0n) is 15.7. The van der Waals surface area contributed by atoms with E-state index in [1.807, 2.05) is 31.2 Å². The molecule has 0 aliphatic carbocycles. The summed E-state index contributed by atoms with van der Waals surface area (Å²) in [7, 11) is -3.90. The van der Waals surface area contributed by atoms with Crippen molar-refractivity contribution in [3.8, 4) is 5.75 Å². The summed E-state index contributed by atoms with van der Waals surface area (Å²) in [5.41, 5.74) is 1.08. The summed E-state index contributed by atoms with van der Waals surface area (Å²) in [6.45, 7) is 3.05. The van der Waals surface area contributed by atoms with E-state index in [2.05, 4.69) is 0 Å². The van der Waals surface area contributed by atoms with Gasteiger partial charge in [-0.05, 0) is 36.8 Å². The Kier molecular flexibility index (Phi) is 6.31. The molecule has 0 spiro atoms. The Morgan fingerprint density at radius 2 is 1.79 bits per heavy atom. The third-order valence-corrected chi connectivity index (χ3v) is 6.55. The molecule has 0 aromatic heterocycles. The molecule has 1 saturated heterocycles. The van der Waals surface area contributed by atoms with Gasteiger partial charge >= 0.3 is 0 Å². The third-order valence-electron chi connectivity index (χ3n) is 4.62. The molecule has 0 radical (unpaired) electrons. The van der Waals surface area contributed by atoms with Crippen LogP contribution in [0.1, 0.15) is 12.0 Å². The van der Waals surface area contributed by atoms with Crippen molar-refractivity contribution in [1.82, 2.24) is 9.21 Å². The van der Waals surface area contributed by atoms with Crippen LogP contribution in [0.4, 0.5) is 4.39 Å². The van der Waals surface area contributed by atoms with Gasteiger partial charge in [0.15, 0.2) is 0 Å². The lowest BCUT2D eigenvalue weighted by molar-refractivity contribution is -0.132. The second-order valence-corrected chi connectivity index (χ2v) is 8.54. The minimum atomic E-state index is -3.90. The second-order valence-electron chi connectivity index (χ2n) is 6.63. The number of carbonyl (C=O) groups is 1. The predicted octanol–water partition coefficient (Wildman–Crippen LogP) is 2.44. The number of hydrogen-bond acceptors (Lipinski definition) is 4. The van der Waals surface area contributed by atoms with Crippen molar-refractivity contribution >= 4 is 15.9 Å². The highest BCUT2D eigenvalue weighted by Gasteiger charge is 2.31. The van der Waals surface area contributed by atoms with Crippen LogP contribution in [-0.4, -0.2) is 56.3 Å². The van der Waals surface area contributed by atoms with Crippen molar-refractivity contribution in [3.05, 3.63) is 59.9 Å². The lowest BCUT2D eigenvalue weighted by atomic mass is 10.2. The van der Waals surface area contributed by atoms with Gasteiger partial charge in [-0.2, -0.15) is 4.31 Å². The molecular formula is C20H23FN2O4S. The Balaban J connectivity index is 1.50. The topological polar surface area (TPSA) is 66.9 Å². The first-order chi connectivity index (χ1) is 13.4. The number of halogens is 1. The van der Waals surface area contributed by atoms with Gasteiger partial charge in [0.05, 0.1) is 13.0 Å². The molecule has 8 heteroatoms. The van der Waals surface area contributed by atoms with E-state index >= 15 is 0 Å². The minimum Gasteiger partial charge on any atom is -0.493 e. The molecule has 1 heterocycles. The number of hydrogen-bond donors (Lipinski definition) is 0. The average Bonchev–Trinajstić information content (AvgIpc) is 2.68. The molecule has 0 saturated carbocycles. The fourth-order valence-electron chi connectivity index (χ4n) is 3.09. The number of carbonyl (C=O) groups excluding carboxylic acids is 1. The molecule has 28 heavy (non-hydrogen) atoms. The van der Waals surface area contributed by atoms with Gasteiger partial charge in [-0.3, -0.25) is 4.79 Å². The maximum absolute atomic E-state index is 13.9. The van der Waals surface area contributed by atoms with Gasteiger partial charge in [0, 0.05) is 26.2 Å². The van der Waals surface area contributed by atoms with Crippen LogP contribution in [0.5, 0.6) is 5.75 Å². The fourth-order valence-corrected chi connectivity index (χ4v) is 4.58. The molecule has 0 atom stereocenters. The van der Waals surface area contributed by atoms with Crippen LogP contribution in [-0.2, 0) is 14.8 Å². The molecule has 2 aromatic carbocycles. The zero-order valence-corrected chi connectivity index (χ0v) is 16.5. The van der Waals surface area contributed by atoms with Gasteiger partial charge < -0.3 is 9.64 Å². The van der Waals surface area contributed by atoms with Gasteiger partial charge in [-0.15, -0.1) is 0 Å². The van der Waals surface area contributed by atoms with E-state index in [-0.39, 0.29) is 50.0 Å². The van der Waals surface area contributed by atoms with Gasteiger partial charge in [0.1, 0.15) is 16.5 Å². The summed E-state index contributed by atoms with van der Waals surface area (Å²) in [5.74, 6) is -0.140. The van der Waals surface area contributed by atoms with E-state index in [1.54, 1.807) is 4.90 Å². The lowest BCUT2D eigenvalue weighted by Crippen LogP contribution is -2.50. The molecule has 6 nitrogen and oxygen atoms in total. The number of ether oxygens (including phenoxy) is 1. The summed E-state index contributed by atoms with van der Waals surface area (Å²) < 4.78 is 45.9. The van der Waals surface area contributed by atoms with Crippen molar-refractivity contribution in [2.75, 3.05) is 32.8 Å². The maximum atomic E-state index is 13.9. The molecule has 0 bridgehead atoms. The van der Waals surface area contributed by atoms with Crippen LogP contribution in [0, 0.1) is 12.7 Å². The molecule has 0 N–H and O–H groups in total. The summed E-state index contributed by atoms with van der Waals surface area (Å²) in [4.78, 5) is 13.6. The van der Waals surface area contributed by atoms with E-state index in [9.17, 15) is 17.6 Å². The van der Waals surface area contributed by atoms with Crippen molar-refractivity contribution in [3.63, 3.8) is 0 Å². The smallest absolute Gasteiger partial charge is 0.246 e. The van der Waals surface area contributed by atoms with Crippen LogP contribution in [0.25, 0.3) is 0 Å². The van der Waals surface area contributed by atoms with Crippen LogP contribution >= 0.6 is 0 Å². The second kappa shape index (κ2) is 8.70. The van der Waals surface area contributed by atoms with E-state index in [0.29, 0.717) is 5.75 Å². The molecule has 1 aliphatic heterocycles. The van der Waals surface area contributed by atoms with Crippen molar-refractivity contribution in [2.24, 2.45) is 0 Å². The van der Waals surface area contributed by atoms with Gasteiger partial charge in [-0.25, -0.2) is 12.8 Å². The van der Waals surface area contributed by atoms with E-state index in [4.69, 9.17) is 4.74 Å². The predicted molar refractivity (Wildman–Crippen MR) is 103 cm³/mol. The minimum absolute atomic E-state index is 0.0874. The highest BCUT2D eigenvalue weighted by molar-refractivity contribution is 7.89. The summed E-state index contributed by atoms with van der Waals surface area (Å²) in [6.07, 6.45) is 0.216. The van der Waals surface area contributed by atoms with Gasteiger partial charge in [0.2, 0.25) is 15.9 Å². The Bertz CT molecular complexity index is 941. The van der Waals surface area contributed by atoms with E-state index in [1.165, 1.54) is 22.5 Å². The first-order valence-corrected chi connectivity index (χ1v) is 10.5. The van der Waals surface area contributed by atoms with Crippen LogP contribution < -0.4 is 4.74 Å². The largest absolute Gasteiger partial charge is 0.493 e. The maximum Gasteiger partial charge on any atom is 0.246 e. The number of piperazine rings is 1. The average molecular weight is 406 g/mol. The molecular weight excluding hydrogens is 383 g/mol. The quantitative estimate of drug-likeness (QED) is 0.739. The van der Waals surface area contributed by atoms with Gasteiger partial charge in [0.25, 0.3) is 0 Å². The number of benzene rings is 2. The zero-order chi connectivity index (χ0) is 20.1. The first kappa shape index (κ1) is 20.3. The number of rotatable bonds is 6. The summed E-state index contributed by atoms with van der Waals surface area (Å²) >= 11 is 0. The SMILES string of the molecule is Cc1cccc(OCCC(=O)N2CCN(S(=O)(=O)c3ccccc3F)CC2)c1. The molecule has 3 rings (SSSR count). The molecule has 0 unspecified atom stereocenters. The highest BCUT2D eigenvalue weighted by Crippen LogP contribution is 2.20. The van der Waals surface area contributed by atoms with Crippen molar-refractivity contribution in [2.45, 2.75) is 18.2 Å². The number of sulfonamides is 1. The Morgan fingerprint density at radius 3 is 2.46 bits per heavy atom. The molecule has 1 aliphatic rings. The molecule has 2 aromatic rings. The Morgan fingerprint density at radius 1 is 1.07 bits per heavy atom. The first-order valence-electron chi connectivity index (χ1n) is 9.10.